The summed E-state index contributed by atoms with van der Waals surface area (Å²) in [6.07, 6.45) is 4.04. The molecule has 6 aromatic carbocycles. The Labute approximate surface area is 340 Å². The summed E-state index contributed by atoms with van der Waals surface area (Å²) >= 11 is 0. The first-order chi connectivity index (χ1) is 28.7. The lowest BCUT2D eigenvalue weighted by molar-refractivity contribution is 0.414. The predicted molar refractivity (Wildman–Crippen MR) is 238 cm³/mol. The molecule has 0 spiro atoms. The third-order valence-electron chi connectivity index (χ3n) is 9.05. The van der Waals surface area contributed by atoms with Gasteiger partial charge in [-0.3, -0.25) is 0 Å². The van der Waals surface area contributed by atoms with Gasteiger partial charge in [0.1, 0.15) is 11.5 Å². The summed E-state index contributed by atoms with van der Waals surface area (Å²) in [5.74, 6) is 15.1. The molecule has 0 saturated carbocycles. The largest absolute Gasteiger partial charge is 0.497 e. The number of benzene rings is 6. The molecule has 0 atom stereocenters. The van der Waals surface area contributed by atoms with Crippen LogP contribution in [0.3, 0.4) is 0 Å². The van der Waals surface area contributed by atoms with Crippen LogP contribution in [0.5, 0.6) is 11.5 Å². The van der Waals surface area contributed by atoms with Crippen molar-refractivity contribution in [2.45, 2.75) is 0 Å². The van der Waals surface area contributed by atoms with Gasteiger partial charge < -0.3 is 9.47 Å². The van der Waals surface area contributed by atoms with Crippen molar-refractivity contribution in [3.05, 3.63) is 250 Å². The van der Waals surface area contributed by atoms with E-state index < -0.39 is 0 Å². The van der Waals surface area contributed by atoms with Gasteiger partial charge in [-0.2, -0.15) is 0 Å². The van der Waals surface area contributed by atoms with Crippen LogP contribution in [-0.4, -0.2) is 14.2 Å². The van der Waals surface area contributed by atoms with E-state index >= 15 is 0 Å². The number of allylic oxidation sites excluding steroid dienone is 8. The molecule has 0 saturated heterocycles. The van der Waals surface area contributed by atoms with Crippen molar-refractivity contribution < 1.29 is 9.47 Å². The molecule has 6 aromatic rings. The maximum absolute atomic E-state index is 5.47. The Kier molecular flexibility index (Phi) is 12.7. The van der Waals surface area contributed by atoms with Gasteiger partial charge in [0, 0.05) is 11.1 Å². The zero-order chi connectivity index (χ0) is 39.8. The van der Waals surface area contributed by atoms with E-state index in [0.717, 1.165) is 56.0 Å². The molecule has 0 radical (unpaired) electrons. The number of hydrogen-bond donors (Lipinski definition) is 0. The Morgan fingerprint density at radius 2 is 0.534 bits per heavy atom. The molecular weight excluding hydrogens is 705 g/mol. The van der Waals surface area contributed by atoms with Crippen LogP contribution in [0.15, 0.2) is 216 Å². The zero-order valence-electron chi connectivity index (χ0n) is 32.1. The molecular formula is C56H36O2. The van der Waals surface area contributed by atoms with Crippen molar-refractivity contribution in [3.8, 4) is 35.2 Å². The van der Waals surface area contributed by atoms with E-state index in [2.05, 4.69) is 82.3 Å². The van der Waals surface area contributed by atoms with E-state index in [1.54, 1.807) is 14.2 Å². The van der Waals surface area contributed by atoms with Crippen molar-refractivity contribution in [2.75, 3.05) is 14.2 Å². The maximum Gasteiger partial charge on any atom is 0.118 e. The Balaban J connectivity index is 1.63. The van der Waals surface area contributed by atoms with E-state index in [9.17, 15) is 0 Å². The van der Waals surface area contributed by atoms with Crippen LogP contribution < -0.4 is 9.47 Å². The smallest absolute Gasteiger partial charge is 0.118 e. The summed E-state index contributed by atoms with van der Waals surface area (Å²) < 4.78 is 10.9. The first kappa shape index (κ1) is 38.0. The van der Waals surface area contributed by atoms with Crippen LogP contribution in [0, 0.1) is 23.7 Å². The summed E-state index contributed by atoms with van der Waals surface area (Å²) in [7, 11) is 3.30. The Morgan fingerprint density at radius 3 is 0.828 bits per heavy atom. The highest BCUT2D eigenvalue weighted by Crippen LogP contribution is 2.24. The quantitative estimate of drug-likeness (QED) is 0.114. The monoisotopic (exact) mass is 740 g/mol. The van der Waals surface area contributed by atoms with Gasteiger partial charge in [0.2, 0.25) is 0 Å². The fraction of sp³-hybridized carbons (Fsp3) is 0.0357. The van der Waals surface area contributed by atoms with Crippen molar-refractivity contribution in [2.24, 2.45) is 0 Å². The van der Waals surface area contributed by atoms with Crippen molar-refractivity contribution in [1.29, 1.82) is 0 Å². The van der Waals surface area contributed by atoms with E-state index in [1.807, 2.05) is 158 Å². The number of methoxy groups -OCH3 is 2. The van der Waals surface area contributed by atoms with E-state index in [-0.39, 0.29) is 0 Å². The van der Waals surface area contributed by atoms with Gasteiger partial charge in [-0.05, 0) is 94.1 Å². The Bertz CT molecular complexity index is 2700. The molecule has 0 aliphatic heterocycles. The maximum atomic E-state index is 5.47. The summed E-state index contributed by atoms with van der Waals surface area (Å²) in [6, 6.07) is 55.7. The lowest BCUT2D eigenvalue weighted by atomic mass is 10.0. The molecule has 0 N–H and O–H groups in total. The van der Waals surface area contributed by atoms with E-state index in [1.165, 1.54) is 0 Å². The molecule has 58 heavy (non-hydrogen) atoms. The van der Waals surface area contributed by atoms with Crippen LogP contribution >= 0.6 is 0 Å². The first-order valence-corrected chi connectivity index (χ1v) is 18.7. The van der Waals surface area contributed by atoms with Crippen LogP contribution in [0.1, 0.15) is 33.4 Å². The van der Waals surface area contributed by atoms with Gasteiger partial charge in [-0.1, -0.05) is 179 Å². The normalized spacial score (nSPS) is 12.9. The highest BCUT2D eigenvalue weighted by Gasteiger charge is 2.05. The minimum absolute atomic E-state index is 0.637. The predicted octanol–water partition coefficient (Wildman–Crippen LogP) is 12.3. The fourth-order valence-corrected chi connectivity index (χ4v) is 5.88. The third-order valence-corrected chi connectivity index (χ3v) is 9.05. The van der Waals surface area contributed by atoms with Gasteiger partial charge in [0.05, 0.1) is 36.5 Å². The molecule has 1 aliphatic carbocycles. The van der Waals surface area contributed by atoms with Gasteiger partial charge in [0.15, 0.2) is 0 Å². The molecule has 2 heteroatoms. The summed E-state index contributed by atoms with van der Waals surface area (Å²) in [4.78, 5) is 0. The highest BCUT2D eigenvalue weighted by atomic mass is 16.5. The average Bonchev–Trinajstić information content (AvgIpc) is 3.30. The molecule has 2 nitrogen and oxygen atoms in total. The van der Waals surface area contributed by atoms with Gasteiger partial charge in [0.25, 0.3) is 0 Å². The van der Waals surface area contributed by atoms with Gasteiger partial charge in [-0.15, -0.1) is 0 Å². The molecule has 0 heterocycles. The topological polar surface area (TPSA) is 18.5 Å². The second-order valence-electron chi connectivity index (χ2n) is 12.8. The molecule has 0 amide bonds. The minimum Gasteiger partial charge on any atom is -0.497 e. The van der Waals surface area contributed by atoms with Crippen molar-refractivity contribution in [1.82, 2.24) is 0 Å². The molecule has 0 bridgehead atoms. The van der Waals surface area contributed by atoms with Crippen LogP contribution in [-0.2, 0) is 0 Å². The van der Waals surface area contributed by atoms with Gasteiger partial charge >= 0.3 is 0 Å². The molecule has 1 aliphatic rings. The highest BCUT2D eigenvalue weighted by molar-refractivity contribution is 5.90. The van der Waals surface area contributed by atoms with E-state index in [4.69, 9.17) is 9.47 Å². The molecule has 272 valence electrons. The minimum atomic E-state index is 0.637. The first-order valence-electron chi connectivity index (χ1n) is 18.7. The molecule has 0 unspecified atom stereocenters. The lowest BCUT2D eigenvalue weighted by Crippen LogP contribution is -1.86. The standard InChI is InChI=1S/C56H36O2/c1-57-55-39-35-53(36-40-55)51-31-27-47(43-15-7-3-8-16-43)23-25-49(45-19-11-5-12-20-45)29-33-52(54-37-41-56(58-2)42-38-54)34-30-50(46-21-13-6-14-22-46)26-24-48(28-32-51)44-17-9-4-10-18-44/h3-23,25,35-42H,1-2H3/b25-23+,47-23?,49-25?. The Hall–Kier alpha value is -8.32. The second-order valence-corrected chi connectivity index (χ2v) is 12.8. The zero-order valence-corrected chi connectivity index (χ0v) is 32.1. The van der Waals surface area contributed by atoms with Crippen molar-refractivity contribution in [3.63, 3.8) is 0 Å². The molecule has 0 aromatic heterocycles. The lowest BCUT2D eigenvalue weighted by Gasteiger charge is -2.03. The van der Waals surface area contributed by atoms with Crippen LogP contribution in [0.4, 0.5) is 0 Å². The number of ether oxygens (including phenoxy) is 2. The summed E-state index contributed by atoms with van der Waals surface area (Å²) in [5.41, 5.74) is 30.2. The summed E-state index contributed by atoms with van der Waals surface area (Å²) in [6.45, 7) is 0. The second kappa shape index (κ2) is 19.3. The van der Waals surface area contributed by atoms with Crippen LogP contribution in [0.25, 0.3) is 33.4 Å². The molecule has 0 fully saturated rings. The number of hydrogen-bond acceptors (Lipinski definition) is 2. The van der Waals surface area contributed by atoms with Gasteiger partial charge in [-0.25, -0.2) is 0 Å². The number of rotatable bonds is 8. The Morgan fingerprint density at radius 1 is 0.276 bits per heavy atom. The average molecular weight is 741 g/mol. The molecule has 7 rings (SSSR count). The summed E-state index contributed by atoms with van der Waals surface area (Å²) in [5, 5.41) is 0. The fourth-order valence-electron chi connectivity index (χ4n) is 5.88. The van der Waals surface area contributed by atoms with Crippen molar-refractivity contribution >= 4 is 33.4 Å². The SMILES string of the molecule is COc1ccc(C2=C=C=C(c3ccccc3)/C=C/C(c3ccccc3)=C=C=C(c3ccc(OC)cc3)C#CC(c3ccccc3)=C=C=C(c3ccccc3)C#C2)cc1. The third kappa shape index (κ3) is 10.0. The van der Waals surface area contributed by atoms with Crippen LogP contribution in [0.2, 0.25) is 0 Å². The van der Waals surface area contributed by atoms with E-state index in [0.29, 0.717) is 22.3 Å².